The van der Waals surface area contributed by atoms with E-state index in [4.69, 9.17) is 10.5 Å². The molecule has 0 saturated carbocycles. The summed E-state index contributed by atoms with van der Waals surface area (Å²) in [6.45, 7) is 1.88. The normalized spacial score (nSPS) is 12.2. The number of aryl methyl sites for hydroxylation is 2. The fraction of sp³-hybridized carbons (Fsp3) is 0.179. The summed E-state index contributed by atoms with van der Waals surface area (Å²) < 4.78 is 44.3. The number of alkyl halides is 3. The zero-order valence-electron chi connectivity index (χ0n) is 20.4. The molecule has 4 aromatic rings. The van der Waals surface area contributed by atoms with Crippen molar-refractivity contribution < 1.29 is 27.5 Å². The summed E-state index contributed by atoms with van der Waals surface area (Å²) in [5, 5.41) is 2.73. The number of halogens is 3. The van der Waals surface area contributed by atoms with Gasteiger partial charge in [0.1, 0.15) is 12.4 Å². The summed E-state index contributed by atoms with van der Waals surface area (Å²) in [6, 6.07) is 17.0. The van der Waals surface area contributed by atoms with Crippen molar-refractivity contribution in [2.75, 3.05) is 11.9 Å². The number of carbonyl (C=O) groups is 2. The summed E-state index contributed by atoms with van der Waals surface area (Å²) in [7, 11) is 0. The van der Waals surface area contributed by atoms with Crippen molar-refractivity contribution in [1.29, 1.82) is 0 Å². The number of H-pyrrole nitrogens is 1. The van der Waals surface area contributed by atoms with Gasteiger partial charge in [-0.1, -0.05) is 30.3 Å². The third kappa shape index (κ3) is 6.39. The minimum Gasteiger partial charge on any atom is -0.486 e. The van der Waals surface area contributed by atoms with Crippen LogP contribution in [0.5, 0.6) is 5.75 Å². The lowest BCUT2D eigenvalue weighted by Crippen LogP contribution is -2.20. The predicted molar refractivity (Wildman–Crippen MR) is 138 cm³/mol. The van der Waals surface area contributed by atoms with Gasteiger partial charge in [-0.15, -0.1) is 0 Å². The van der Waals surface area contributed by atoms with Crippen LogP contribution in [0.1, 0.15) is 28.7 Å². The third-order valence-corrected chi connectivity index (χ3v) is 5.90. The largest absolute Gasteiger partial charge is 0.486 e. The molecule has 38 heavy (non-hydrogen) atoms. The highest BCUT2D eigenvalue weighted by Gasteiger charge is 2.30. The molecule has 0 radical (unpaired) electrons. The van der Waals surface area contributed by atoms with Gasteiger partial charge in [-0.25, -0.2) is 4.98 Å². The summed E-state index contributed by atoms with van der Waals surface area (Å²) in [6.07, 6.45) is -3.22. The molecule has 0 atom stereocenters. The Hall–Kier alpha value is -4.60. The van der Waals surface area contributed by atoms with Gasteiger partial charge >= 0.3 is 6.18 Å². The molecule has 10 heteroatoms. The molecule has 1 amide bonds. The average Bonchev–Trinajstić information content (AvgIpc) is 3.29. The number of aromatic amines is 1. The monoisotopic (exact) mass is 522 g/mol. The minimum absolute atomic E-state index is 0.0581. The molecule has 0 aliphatic carbocycles. The fourth-order valence-electron chi connectivity index (χ4n) is 3.90. The molecule has 4 rings (SSSR count). The quantitative estimate of drug-likeness (QED) is 0.201. The maximum absolute atomic E-state index is 13.3. The van der Waals surface area contributed by atoms with Crippen LogP contribution < -0.4 is 15.8 Å². The van der Waals surface area contributed by atoms with Crippen molar-refractivity contribution in [3.05, 3.63) is 94.6 Å². The van der Waals surface area contributed by atoms with Gasteiger partial charge in [0.15, 0.2) is 6.29 Å². The molecule has 0 fully saturated rings. The lowest BCUT2D eigenvalue weighted by atomic mass is 9.98. The number of fused-ring (bicyclic) bond motifs is 1. The van der Waals surface area contributed by atoms with E-state index >= 15 is 0 Å². The highest BCUT2D eigenvalue weighted by atomic mass is 19.4. The number of hydrogen-bond acceptors (Lipinski definition) is 5. The van der Waals surface area contributed by atoms with Crippen molar-refractivity contribution in [2.24, 2.45) is 5.73 Å². The smallest absolute Gasteiger partial charge is 0.416 e. The van der Waals surface area contributed by atoms with E-state index < -0.39 is 17.6 Å². The predicted octanol–water partition coefficient (Wildman–Crippen LogP) is 5.41. The third-order valence-electron chi connectivity index (χ3n) is 5.90. The maximum atomic E-state index is 13.3. The van der Waals surface area contributed by atoms with Crippen molar-refractivity contribution in [3.63, 3.8) is 0 Å². The zero-order valence-corrected chi connectivity index (χ0v) is 20.4. The first kappa shape index (κ1) is 26.5. The fourth-order valence-corrected chi connectivity index (χ4v) is 3.90. The first-order valence-corrected chi connectivity index (χ1v) is 11.7. The number of ether oxygens (including phenoxy) is 1. The second-order valence-electron chi connectivity index (χ2n) is 8.65. The molecule has 0 aliphatic rings. The van der Waals surface area contributed by atoms with E-state index in [2.05, 4.69) is 15.3 Å². The van der Waals surface area contributed by atoms with Crippen molar-refractivity contribution in [3.8, 4) is 5.75 Å². The maximum Gasteiger partial charge on any atom is 0.416 e. The number of benzene rings is 3. The Kier molecular flexibility index (Phi) is 7.80. The Morgan fingerprint density at radius 1 is 1.08 bits per heavy atom. The number of imidazole rings is 1. The van der Waals surface area contributed by atoms with Gasteiger partial charge in [-0.05, 0) is 72.9 Å². The van der Waals surface area contributed by atoms with E-state index in [1.54, 1.807) is 24.3 Å². The summed E-state index contributed by atoms with van der Waals surface area (Å²) in [4.78, 5) is 31.3. The van der Waals surface area contributed by atoms with E-state index in [0.717, 1.165) is 28.8 Å². The molecule has 0 bridgehead atoms. The number of nitrogens with two attached hydrogens (primary N) is 1. The van der Waals surface area contributed by atoms with Gasteiger partial charge in [0, 0.05) is 11.3 Å². The Labute approximate surface area is 216 Å². The molecule has 1 heterocycles. The number of nitrogens with zero attached hydrogens (tertiary/aromatic N) is 1. The van der Waals surface area contributed by atoms with Crippen molar-refractivity contribution >= 4 is 34.9 Å². The molecule has 4 N–H and O–H groups in total. The minimum atomic E-state index is -4.49. The van der Waals surface area contributed by atoms with Crippen molar-refractivity contribution in [2.45, 2.75) is 25.9 Å². The topological polar surface area (TPSA) is 110 Å². The van der Waals surface area contributed by atoms with Gasteiger partial charge in [0.25, 0.3) is 5.91 Å². The summed E-state index contributed by atoms with van der Waals surface area (Å²) in [5.74, 6) is 0.230. The SMILES string of the molecule is Cc1ccc2nc(NC(=O)/C(CCc3ccc(OCC=O)cc3)=C(\N)c3ccc(C(F)(F)F)cc3)[nH]c2c1. The zero-order chi connectivity index (χ0) is 27.3. The van der Waals surface area contributed by atoms with E-state index in [1.807, 2.05) is 25.1 Å². The van der Waals surface area contributed by atoms with Gasteiger partial charge in [0.2, 0.25) is 5.95 Å². The van der Waals surface area contributed by atoms with Crippen LogP contribution in [0.25, 0.3) is 16.7 Å². The number of amides is 1. The molecule has 1 aromatic heterocycles. The van der Waals surface area contributed by atoms with Crippen LogP contribution in [-0.2, 0) is 22.2 Å². The number of anilines is 1. The van der Waals surface area contributed by atoms with Gasteiger partial charge in [-0.2, -0.15) is 13.2 Å². The van der Waals surface area contributed by atoms with Crippen LogP contribution in [-0.4, -0.2) is 28.8 Å². The first-order chi connectivity index (χ1) is 18.1. The summed E-state index contributed by atoms with van der Waals surface area (Å²) >= 11 is 0. The van der Waals surface area contributed by atoms with E-state index in [1.165, 1.54) is 12.1 Å². The Morgan fingerprint density at radius 2 is 1.79 bits per heavy atom. The number of rotatable bonds is 9. The van der Waals surface area contributed by atoms with Crippen molar-refractivity contribution in [1.82, 2.24) is 9.97 Å². The van der Waals surface area contributed by atoms with Crippen LogP contribution in [0.2, 0.25) is 0 Å². The van der Waals surface area contributed by atoms with Crippen LogP contribution >= 0.6 is 0 Å². The van der Waals surface area contributed by atoms with E-state index in [-0.39, 0.29) is 30.2 Å². The van der Waals surface area contributed by atoms with Crippen LogP contribution in [0.4, 0.5) is 19.1 Å². The Morgan fingerprint density at radius 3 is 2.45 bits per heavy atom. The van der Waals surface area contributed by atoms with Crippen LogP contribution in [0, 0.1) is 6.92 Å². The summed E-state index contributed by atoms with van der Waals surface area (Å²) in [5.41, 5.74) is 9.40. The number of nitrogens with one attached hydrogen (secondary N) is 2. The second kappa shape index (κ2) is 11.2. The van der Waals surface area contributed by atoms with E-state index in [0.29, 0.717) is 29.5 Å². The number of aldehydes is 1. The molecular formula is C28H25F3N4O3. The molecule has 0 aliphatic heterocycles. The van der Waals surface area contributed by atoms with E-state index in [9.17, 15) is 22.8 Å². The first-order valence-electron chi connectivity index (χ1n) is 11.7. The molecule has 196 valence electrons. The molecule has 0 unspecified atom stereocenters. The lowest BCUT2D eigenvalue weighted by Gasteiger charge is -2.14. The number of aromatic nitrogens is 2. The Balaban J connectivity index is 1.60. The molecule has 0 saturated heterocycles. The highest BCUT2D eigenvalue weighted by Crippen LogP contribution is 2.30. The number of hydrogen-bond donors (Lipinski definition) is 3. The molecular weight excluding hydrogens is 497 g/mol. The number of carbonyl (C=O) groups excluding carboxylic acids is 2. The highest BCUT2D eigenvalue weighted by molar-refractivity contribution is 6.08. The average molecular weight is 523 g/mol. The molecule has 0 spiro atoms. The second-order valence-corrected chi connectivity index (χ2v) is 8.65. The standard InChI is InChI=1S/C28H25F3N4O3/c1-17-2-13-23-24(16-17)34-27(33-23)35-26(37)22(12-5-18-3-10-21(11-4-18)38-15-14-36)25(32)19-6-8-20(9-7-19)28(29,30)31/h2-4,6-11,13-14,16H,5,12,15,32H2,1H3,(H2,33,34,35,37)/b25-22-. The van der Waals surface area contributed by atoms with Crippen LogP contribution in [0.3, 0.4) is 0 Å². The van der Waals surface area contributed by atoms with Gasteiger partial charge in [0.05, 0.1) is 16.6 Å². The lowest BCUT2D eigenvalue weighted by molar-refractivity contribution is -0.137. The molecule has 7 nitrogen and oxygen atoms in total. The Bertz CT molecular complexity index is 1470. The molecule has 3 aromatic carbocycles. The van der Waals surface area contributed by atoms with Crippen LogP contribution in [0.15, 0.2) is 72.3 Å². The van der Waals surface area contributed by atoms with Gasteiger partial charge < -0.3 is 15.5 Å². The van der Waals surface area contributed by atoms with Gasteiger partial charge in [-0.3, -0.25) is 14.9 Å².